The van der Waals surface area contributed by atoms with E-state index < -0.39 is 0 Å². The molecule has 0 saturated carbocycles. The molecule has 0 unspecified atom stereocenters. The normalized spacial score (nSPS) is 12.1. The summed E-state index contributed by atoms with van der Waals surface area (Å²) in [5.74, 6) is -0.0891. The largest absolute Gasteiger partial charge is 0.302 e. The average molecular weight is 265 g/mol. The van der Waals surface area contributed by atoms with E-state index in [1.54, 1.807) is 0 Å². The first-order valence-corrected chi connectivity index (χ1v) is 6.39. The van der Waals surface area contributed by atoms with Gasteiger partial charge in [0.05, 0.1) is 5.69 Å². The summed E-state index contributed by atoms with van der Waals surface area (Å²) in [6.07, 6.45) is 0.850. The van der Waals surface area contributed by atoms with Crippen LogP contribution in [-0.2, 0) is 11.2 Å². The number of rotatable bonds is 1. The topological polar surface area (TPSA) is 42.0 Å². The van der Waals surface area contributed by atoms with Crippen LogP contribution in [0, 0.1) is 0 Å². The van der Waals surface area contributed by atoms with Crippen molar-refractivity contribution in [1.82, 2.24) is 4.98 Å². The van der Waals surface area contributed by atoms with Crippen molar-refractivity contribution in [3.05, 3.63) is 33.7 Å². The molecule has 0 aliphatic heterocycles. The van der Waals surface area contributed by atoms with E-state index in [1.807, 2.05) is 18.2 Å². The van der Waals surface area contributed by atoms with Crippen LogP contribution in [0.3, 0.4) is 0 Å². The molecule has 1 aliphatic carbocycles. The number of nitrogens with zero attached hydrogens (tertiary/aromatic N) is 1. The van der Waals surface area contributed by atoms with Crippen LogP contribution in [0.25, 0.3) is 11.3 Å². The molecular weight excluding hydrogens is 256 g/mol. The predicted octanol–water partition coefficient (Wildman–Crippen LogP) is 3.33. The summed E-state index contributed by atoms with van der Waals surface area (Å²) in [5.41, 5.74) is 3.31. The van der Waals surface area contributed by atoms with Crippen molar-refractivity contribution in [2.45, 2.75) is 13.3 Å². The van der Waals surface area contributed by atoms with Gasteiger partial charge in [-0.15, -0.1) is 11.3 Å². The Morgan fingerprint density at radius 3 is 3.12 bits per heavy atom. The van der Waals surface area contributed by atoms with Crippen molar-refractivity contribution in [3.8, 4) is 11.3 Å². The molecule has 2 aromatic rings. The third-order valence-corrected chi connectivity index (χ3v) is 3.86. The zero-order chi connectivity index (χ0) is 12.0. The summed E-state index contributed by atoms with van der Waals surface area (Å²) in [6, 6.07) is 5.83. The van der Waals surface area contributed by atoms with Crippen LogP contribution in [0.5, 0.6) is 0 Å². The molecule has 86 valence electrons. The Morgan fingerprint density at radius 2 is 2.35 bits per heavy atom. The molecule has 1 amide bonds. The van der Waals surface area contributed by atoms with E-state index in [1.165, 1.54) is 28.7 Å². The maximum Gasteiger partial charge on any atom is 0.223 e. The van der Waals surface area contributed by atoms with Crippen LogP contribution in [0.15, 0.2) is 18.2 Å². The van der Waals surface area contributed by atoms with Gasteiger partial charge < -0.3 is 5.32 Å². The second-order valence-corrected chi connectivity index (χ2v) is 5.47. The Hall–Kier alpha value is -1.39. The Morgan fingerprint density at radius 1 is 1.53 bits per heavy atom. The van der Waals surface area contributed by atoms with E-state index in [0.717, 1.165) is 22.7 Å². The highest BCUT2D eigenvalue weighted by molar-refractivity contribution is 7.16. The summed E-state index contributed by atoms with van der Waals surface area (Å²) in [4.78, 5) is 16.6. The van der Waals surface area contributed by atoms with Gasteiger partial charge in [0.25, 0.3) is 0 Å². The molecule has 0 radical (unpaired) electrons. The van der Waals surface area contributed by atoms with E-state index >= 15 is 0 Å². The molecule has 0 saturated heterocycles. The van der Waals surface area contributed by atoms with E-state index in [4.69, 9.17) is 11.6 Å². The number of carbonyl (C=O) groups excluding carboxylic acids is 1. The number of halogens is 1. The minimum atomic E-state index is -0.0891. The number of hydrogen-bond acceptors (Lipinski definition) is 3. The average Bonchev–Trinajstić information content (AvgIpc) is 2.72. The number of aromatic nitrogens is 1. The summed E-state index contributed by atoms with van der Waals surface area (Å²) in [5, 5.41) is 4.14. The molecule has 0 bridgehead atoms. The molecular formula is C12H9ClN2OS. The lowest BCUT2D eigenvalue weighted by Gasteiger charge is -2.00. The van der Waals surface area contributed by atoms with Crippen LogP contribution >= 0.6 is 22.9 Å². The quantitative estimate of drug-likeness (QED) is 0.733. The van der Waals surface area contributed by atoms with Crippen LogP contribution < -0.4 is 5.32 Å². The summed E-state index contributed by atoms with van der Waals surface area (Å²) < 4.78 is 0. The van der Waals surface area contributed by atoms with Gasteiger partial charge in [-0.25, -0.2) is 4.98 Å². The number of carbonyl (C=O) groups is 1. The van der Waals surface area contributed by atoms with E-state index in [9.17, 15) is 4.79 Å². The van der Waals surface area contributed by atoms with Gasteiger partial charge in [0.1, 0.15) is 0 Å². The maximum absolute atomic E-state index is 11.0. The molecule has 1 aromatic heterocycles. The fourth-order valence-corrected chi connectivity index (χ4v) is 3.24. The molecule has 1 aliphatic rings. The van der Waals surface area contributed by atoms with Gasteiger partial charge in [0.2, 0.25) is 5.91 Å². The Kier molecular flexibility index (Phi) is 2.42. The highest BCUT2D eigenvalue weighted by Gasteiger charge is 2.23. The molecule has 3 rings (SSSR count). The van der Waals surface area contributed by atoms with E-state index in [2.05, 4.69) is 10.3 Å². The molecule has 1 aromatic carbocycles. The highest BCUT2D eigenvalue weighted by atomic mass is 35.5. The minimum Gasteiger partial charge on any atom is -0.302 e. The van der Waals surface area contributed by atoms with Crippen molar-refractivity contribution < 1.29 is 4.79 Å². The standard InChI is InChI=1S/C12H9ClN2OS/c1-6(16)14-12-15-11-9-3-2-8(13)4-7(9)5-10(11)17-12/h2-4H,5H2,1H3,(H,14,15,16). The molecule has 5 heteroatoms. The Labute approximate surface area is 107 Å². The first-order valence-electron chi connectivity index (χ1n) is 5.19. The molecule has 1 N–H and O–H groups in total. The number of benzene rings is 1. The van der Waals surface area contributed by atoms with Crippen LogP contribution in [0.2, 0.25) is 5.02 Å². The molecule has 0 fully saturated rings. The third kappa shape index (κ3) is 1.83. The Balaban J connectivity index is 2.03. The minimum absolute atomic E-state index is 0.0891. The fourth-order valence-electron chi connectivity index (χ4n) is 2.00. The van der Waals surface area contributed by atoms with Crippen LogP contribution in [0.4, 0.5) is 5.13 Å². The highest BCUT2D eigenvalue weighted by Crippen LogP contribution is 2.41. The van der Waals surface area contributed by atoms with Gasteiger partial charge >= 0.3 is 0 Å². The van der Waals surface area contributed by atoms with Gasteiger partial charge in [0, 0.05) is 28.8 Å². The van der Waals surface area contributed by atoms with Gasteiger partial charge in [-0.05, 0) is 17.7 Å². The van der Waals surface area contributed by atoms with E-state index in [-0.39, 0.29) is 5.91 Å². The van der Waals surface area contributed by atoms with Gasteiger partial charge in [-0.3, -0.25) is 4.79 Å². The lowest BCUT2D eigenvalue weighted by atomic mass is 10.1. The number of amides is 1. The molecule has 3 nitrogen and oxygen atoms in total. The van der Waals surface area contributed by atoms with E-state index in [0.29, 0.717) is 5.13 Å². The van der Waals surface area contributed by atoms with Crippen molar-refractivity contribution in [2.24, 2.45) is 0 Å². The molecule has 0 atom stereocenters. The number of thiazole rings is 1. The first kappa shape index (κ1) is 10.7. The lowest BCUT2D eigenvalue weighted by molar-refractivity contribution is -0.114. The second kappa shape index (κ2) is 3.82. The fraction of sp³-hybridized carbons (Fsp3) is 0.167. The zero-order valence-electron chi connectivity index (χ0n) is 9.08. The number of anilines is 1. The van der Waals surface area contributed by atoms with Crippen molar-refractivity contribution in [2.75, 3.05) is 5.32 Å². The van der Waals surface area contributed by atoms with Gasteiger partial charge in [-0.1, -0.05) is 17.7 Å². The van der Waals surface area contributed by atoms with Crippen LogP contribution in [-0.4, -0.2) is 10.9 Å². The SMILES string of the molecule is CC(=O)Nc1nc2c(s1)Cc1cc(Cl)ccc1-2. The number of fused-ring (bicyclic) bond motifs is 3. The predicted molar refractivity (Wildman–Crippen MR) is 69.7 cm³/mol. The lowest BCUT2D eigenvalue weighted by Crippen LogP contribution is -2.05. The van der Waals surface area contributed by atoms with Gasteiger partial charge in [-0.2, -0.15) is 0 Å². The molecule has 1 heterocycles. The molecule has 0 spiro atoms. The monoisotopic (exact) mass is 264 g/mol. The summed E-state index contributed by atoms with van der Waals surface area (Å²) in [6.45, 7) is 1.49. The Bertz CT molecular complexity index is 621. The summed E-state index contributed by atoms with van der Waals surface area (Å²) >= 11 is 7.49. The second-order valence-electron chi connectivity index (χ2n) is 3.95. The third-order valence-electron chi connectivity index (χ3n) is 2.65. The number of nitrogens with one attached hydrogen (secondary N) is 1. The first-order chi connectivity index (χ1) is 8.13. The van der Waals surface area contributed by atoms with Crippen LogP contribution in [0.1, 0.15) is 17.4 Å². The molecule has 17 heavy (non-hydrogen) atoms. The summed E-state index contributed by atoms with van der Waals surface area (Å²) in [7, 11) is 0. The van der Waals surface area contributed by atoms with Gasteiger partial charge in [0.15, 0.2) is 5.13 Å². The van der Waals surface area contributed by atoms with Crippen molar-refractivity contribution in [3.63, 3.8) is 0 Å². The smallest absolute Gasteiger partial charge is 0.223 e. The van der Waals surface area contributed by atoms with Crippen molar-refractivity contribution in [1.29, 1.82) is 0 Å². The maximum atomic E-state index is 11.0. The van der Waals surface area contributed by atoms with Crippen molar-refractivity contribution >= 4 is 34.0 Å². The number of hydrogen-bond donors (Lipinski definition) is 1. The zero-order valence-corrected chi connectivity index (χ0v) is 10.7.